The fraction of sp³-hybridized carbons (Fsp3) is 0.579. The number of carbonyl (C=O) groups excluding carboxylic acids is 2. The van der Waals surface area contributed by atoms with E-state index in [1.165, 1.54) is 12.8 Å². The highest BCUT2D eigenvalue weighted by Gasteiger charge is 2.26. The van der Waals surface area contributed by atoms with E-state index in [4.69, 9.17) is 11.6 Å². The molecule has 25 heavy (non-hydrogen) atoms. The summed E-state index contributed by atoms with van der Waals surface area (Å²) >= 11 is 6.05. The molecule has 5 nitrogen and oxygen atoms in total. The molecule has 0 aromatic heterocycles. The van der Waals surface area contributed by atoms with Crippen LogP contribution in [-0.4, -0.2) is 42.4 Å². The number of benzene rings is 1. The van der Waals surface area contributed by atoms with Gasteiger partial charge in [0.05, 0.1) is 23.3 Å². The van der Waals surface area contributed by atoms with E-state index in [-0.39, 0.29) is 30.4 Å². The summed E-state index contributed by atoms with van der Waals surface area (Å²) in [7, 11) is 1.78. The zero-order valence-electron chi connectivity index (χ0n) is 15.2. The molecule has 0 aliphatic heterocycles. The lowest BCUT2D eigenvalue weighted by atomic mass is 9.86. The number of para-hydroxylation sites is 1. The number of carbonyl (C=O) groups is 2. The van der Waals surface area contributed by atoms with Crippen molar-refractivity contribution < 1.29 is 9.59 Å². The molecular formula is C19H28ClN3O2. The van der Waals surface area contributed by atoms with Crippen LogP contribution in [-0.2, 0) is 9.59 Å². The van der Waals surface area contributed by atoms with Crippen molar-refractivity contribution in [2.24, 2.45) is 5.92 Å². The largest absolute Gasteiger partial charge is 0.352 e. The zero-order valence-corrected chi connectivity index (χ0v) is 16.0. The first-order valence-electron chi connectivity index (χ1n) is 8.93. The molecule has 0 bridgehead atoms. The molecule has 0 radical (unpaired) electrons. The maximum atomic E-state index is 12.5. The summed E-state index contributed by atoms with van der Waals surface area (Å²) in [6.07, 6.45) is 4.61. The van der Waals surface area contributed by atoms with Crippen molar-refractivity contribution >= 4 is 29.1 Å². The van der Waals surface area contributed by atoms with Crippen molar-refractivity contribution in [3.63, 3.8) is 0 Å². The van der Waals surface area contributed by atoms with Gasteiger partial charge in [-0.15, -0.1) is 0 Å². The van der Waals surface area contributed by atoms with Crippen LogP contribution < -0.4 is 10.6 Å². The first-order chi connectivity index (χ1) is 11.9. The molecule has 0 heterocycles. The van der Waals surface area contributed by atoms with Gasteiger partial charge >= 0.3 is 0 Å². The van der Waals surface area contributed by atoms with E-state index < -0.39 is 0 Å². The van der Waals surface area contributed by atoms with Gasteiger partial charge < -0.3 is 10.6 Å². The van der Waals surface area contributed by atoms with E-state index in [9.17, 15) is 9.59 Å². The lowest BCUT2D eigenvalue weighted by molar-refractivity contribution is -0.127. The van der Waals surface area contributed by atoms with E-state index in [0.29, 0.717) is 16.6 Å². The van der Waals surface area contributed by atoms with Gasteiger partial charge in [0.15, 0.2) is 0 Å². The van der Waals surface area contributed by atoms with Crippen LogP contribution in [0.5, 0.6) is 0 Å². The molecule has 2 amide bonds. The van der Waals surface area contributed by atoms with Gasteiger partial charge in [0.1, 0.15) is 0 Å². The second-order valence-electron chi connectivity index (χ2n) is 7.00. The van der Waals surface area contributed by atoms with E-state index in [0.717, 1.165) is 12.8 Å². The molecule has 1 aliphatic rings. The van der Waals surface area contributed by atoms with Crippen molar-refractivity contribution in [2.75, 3.05) is 18.9 Å². The first-order valence-corrected chi connectivity index (χ1v) is 9.31. The number of nitrogens with one attached hydrogen (secondary N) is 2. The summed E-state index contributed by atoms with van der Waals surface area (Å²) in [6, 6.07) is 6.97. The minimum Gasteiger partial charge on any atom is -0.352 e. The third-order valence-electron chi connectivity index (χ3n) is 5.02. The highest BCUT2D eigenvalue weighted by molar-refractivity contribution is 6.33. The smallest absolute Gasteiger partial charge is 0.238 e. The number of likely N-dealkylation sites (N-methyl/N-ethyl adjacent to an activating group) is 1. The van der Waals surface area contributed by atoms with Crippen molar-refractivity contribution in [2.45, 2.75) is 51.6 Å². The van der Waals surface area contributed by atoms with Crippen LogP contribution in [0.2, 0.25) is 5.02 Å². The van der Waals surface area contributed by atoms with Crippen molar-refractivity contribution in [3.8, 4) is 0 Å². The van der Waals surface area contributed by atoms with Gasteiger partial charge in [-0.3, -0.25) is 14.5 Å². The first kappa shape index (κ1) is 19.7. The van der Waals surface area contributed by atoms with Gasteiger partial charge in [-0.1, -0.05) is 43.5 Å². The van der Waals surface area contributed by atoms with E-state index in [2.05, 4.69) is 17.6 Å². The maximum absolute atomic E-state index is 12.5. The molecule has 1 aromatic carbocycles. The number of rotatable bonds is 6. The Labute approximate surface area is 155 Å². The number of amides is 2. The van der Waals surface area contributed by atoms with Gasteiger partial charge in [0.2, 0.25) is 11.8 Å². The predicted molar refractivity (Wildman–Crippen MR) is 102 cm³/mol. The predicted octanol–water partition coefficient (Wildman–Crippen LogP) is 3.29. The Bertz CT molecular complexity index is 608. The number of anilines is 1. The van der Waals surface area contributed by atoms with Gasteiger partial charge in [0.25, 0.3) is 0 Å². The minimum atomic E-state index is -0.369. The van der Waals surface area contributed by atoms with Crippen LogP contribution in [0.3, 0.4) is 0 Å². The fourth-order valence-electron chi connectivity index (χ4n) is 3.15. The Morgan fingerprint density at radius 2 is 1.96 bits per heavy atom. The molecule has 1 saturated carbocycles. The fourth-order valence-corrected chi connectivity index (χ4v) is 3.33. The molecule has 0 spiro atoms. The Balaban J connectivity index is 1.84. The highest BCUT2D eigenvalue weighted by Crippen LogP contribution is 2.24. The van der Waals surface area contributed by atoms with Crippen molar-refractivity contribution in [1.82, 2.24) is 10.2 Å². The summed E-state index contributed by atoms with van der Waals surface area (Å²) in [5.74, 6) is 0.298. The molecule has 138 valence electrons. The Hall–Kier alpha value is -1.59. The lowest BCUT2D eigenvalue weighted by Crippen LogP contribution is -2.50. The second-order valence-corrected chi connectivity index (χ2v) is 7.40. The van der Waals surface area contributed by atoms with Crippen LogP contribution >= 0.6 is 11.6 Å². The van der Waals surface area contributed by atoms with Crippen molar-refractivity contribution in [3.05, 3.63) is 29.3 Å². The molecule has 0 unspecified atom stereocenters. The normalized spacial score (nSPS) is 21.6. The summed E-state index contributed by atoms with van der Waals surface area (Å²) in [4.78, 5) is 26.4. The number of hydrogen-bond donors (Lipinski definition) is 2. The SMILES string of the molecule is C[C@H](C(=O)N[C@H]1CCCC[C@@H]1C)N(C)CC(=O)Nc1ccccc1Cl. The topological polar surface area (TPSA) is 61.4 Å². The molecule has 1 aromatic rings. The molecule has 1 fully saturated rings. The Kier molecular flexibility index (Phi) is 7.26. The number of halogens is 1. The van der Waals surface area contributed by atoms with Gasteiger partial charge in [-0.05, 0) is 44.9 Å². The van der Waals surface area contributed by atoms with Gasteiger partial charge in [0, 0.05) is 6.04 Å². The average Bonchev–Trinajstić information content (AvgIpc) is 2.58. The molecule has 6 heteroatoms. The summed E-state index contributed by atoms with van der Waals surface area (Å²) < 4.78 is 0. The summed E-state index contributed by atoms with van der Waals surface area (Å²) in [5, 5.41) is 6.42. The van der Waals surface area contributed by atoms with Crippen LogP contribution in [0.4, 0.5) is 5.69 Å². The zero-order chi connectivity index (χ0) is 18.4. The molecule has 3 atom stereocenters. The van der Waals surface area contributed by atoms with E-state index in [1.54, 1.807) is 24.1 Å². The standard InChI is InChI=1S/C19H28ClN3O2/c1-13-8-4-6-10-16(13)22-19(25)14(2)23(3)12-18(24)21-17-11-7-5-9-15(17)20/h5,7,9,11,13-14,16H,4,6,8,10,12H2,1-3H3,(H,21,24)(H,22,25)/t13-,14+,16-/m0/s1. The van der Waals surface area contributed by atoms with E-state index in [1.807, 2.05) is 19.1 Å². The third kappa shape index (κ3) is 5.72. The summed E-state index contributed by atoms with van der Waals surface area (Å²) in [6.45, 7) is 4.14. The molecular weight excluding hydrogens is 338 g/mol. The molecule has 1 aliphatic carbocycles. The lowest BCUT2D eigenvalue weighted by Gasteiger charge is -2.32. The Morgan fingerprint density at radius 3 is 2.64 bits per heavy atom. The van der Waals surface area contributed by atoms with Crippen LogP contribution in [0.15, 0.2) is 24.3 Å². The average molecular weight is 366 g/mol. The number of nitrogens with zero attached hydrogens (tertiary/aromatic N) is 1. The van der Waals surface area contributed by atoms with Crippen LogP contribution in [0, 0.1) is 5.92 Å². The van der Waals surface area contributed by atoms with Crippen LogP contribution in [0.1, 0.15) is 39.5 Å². The quantitative estimate of drug-likeness (QED) is 0.813. The summed E-state index contributed by atoms with van der Waals surface area (Å²) in [5.41, 5.74) is 0.579. The van der Waals surface area contributed by atoms with E-state index >= 15 is 0 Å². The number of hydrogen-bond acceptors (Lipinski definition) is 3. The molecule has 0 saturated heterocycles. The van der Waals surface area contributed by atoms with Crippen molar-refractivity contribution in [1.29, 1.82) is 0 Å². The molecule has 2 rings (SSSR count). The molecule has 2 N–H and O–H groups in total. The maximum Gasteiger partial charge on any atom is 0.238 e. The monoisotopic (exact) mass is 365 g/mol. The third-order valence-corrected chi connectivity index (χ3v) is 5.35. The minimum absolute atomic E-state index is 0.0215. The van der Waals surface area contributed by atoms with Gasteiger partial charge in [-0.2, -0.15) is 0 Å². The van der Waals surface area contributed by atoms with Crippen LogP contribution in [0.25, 0.3) is 0 Å². The highest BCUT2D eigenvalue weighted by atomic mass is 35.5. The van der Waals surface area contributed by atoms with Gasteiger partial charge in [-0.25, -0.2) is 0 Å². The second kappa shape index (κ2) is 9.20. The Morgan fingerprint density at radius 1 is 1.28 bits per heavy atom.